The monoisotopic (exact) mass is 533 g/mol. The zero-order valence-corrected chi connectivity index (χ0v) is 23.0. The lowest BCUT2D eigenvalue weighted by molar-refractivity contribution is 0.794. The van der Waals surface area contributed by atoms with E-state index in [-0.39, 0.29) is 5.41 Å². The van der Waals surface area contributed by atoms with Crippen molar-refractivity contribution in [3.63, 3.8) is 0 Å². The highest BCUT2D eigenvalue weighted by Gasteiger charge is 2.51. The first-order valence-corrected chi connectivity index (χ1v) is 14.6. The fraction of sp³-hybridized carbons (Fsp3) is 0.0244. The van der Waals surface area contributed by atoms with Crippen LogP contribution >= 0.6 is 0 Å². The Kier molecular flexibility index (Phi) is 4.88. The molecule has 0 aliphatic heterocycles. The molecule has 0 fully saturated rings. The van der Waals surface area contributed by atoms with Crippen molar-refractivity contribution in [3.8, 4) is 33.4 Å². The fourth-order valence-corrected chi connectivity index (χ4v) is 7.52. The smallest absolute Gasteiger partial charge is 0.0726 e. The summed E-state index contributed by atoms with van der Waals surface area (Å²) in [5, 5.41) is 6.34. The summed E-state index contributed by atoms with van der Waals surface area (Å²) in [4.78, 5) is 0. The number of hydrogen-bond donors (Lipinski definition) is 1. The molecular weight excluding hydrogens is 506 g/mol. The summed E-state index contributed by atoms with van der Waals surface area (Å²) in [5.74, 6) is 0. The maximum absolute atomic E-state index is 3.81. The number of hydrogen-bond acceptors (Lipinski definition) is 1. The minimum Gasteiger partial charge on any atom is -0.355 e. The number of anilines is 2. The van der Waals surface area contributed by atoms with E-state index in [1.807, 2.05) is 0 Å². The second-order valence-electron chi connectivity index (χ2n) is 11.4. The van der Waals surface area contributed by atoms with Gasteiger partial charge in [-0.2, -0.15) is 0 Å². The van der Waals surface area contributed by atoms with Crippen molar-refractivity contribution in [2.24, 2.45) is 0 Å². The van der Waals surface area contributed by atoms with Crippen molar-refractivity contribution >= 4 is 22.1 Å². The molecule has 1 spiro atoms. The van der Waals surface area contributed by atoms with Crippen molar-refractivity contribution in [2.45, 2.75) is 5.41 Å². The summed E-state index contributed by atoms with van der Waals surface area (Å²) in [6, 6.07) is 57.7. The molecule has 196 valence electrons. The van der Waals surface area contributed by atoms with Crippen molar-refractivity contribution in [2.75, 3.05) is 5.32 Å². The van der Waals surface area contributed by atoms with E-state index >= 15 is 0 Å². The van der Waals surface area contributed by atoms with Crippen LogP contribution in [0.4, 0.5) is 11.4 Å². The second kappa shape index (κ2) is 8.80. The van der Waals surface area contributed by atoms with Gasteiger partial charge in [0.25, 0.3) is 0 Å². The summed E-state index contributed by atoms with van der Waals surface area (Å²) in [5.41, 5.74) is 15.0. The Morgan fingerprint density at radius 2 is 0.929 bits per heavy atom. The zero-order valence-electron chi connectivity index (χ0n) is 23.0. The lowest BCUT2D eigenvalue weighted by atomic mass is 9.70. The van der Waals surface area contributed by atoms with Crippen LogP contribution in [0.3, 0.4) is 0 Å². The average Bonchev–Trinajstić information content (AvgIpc) is 3.53. The number of fused-ring (bicyclic) bond motifs is 11. The van der Waals surface area contributed by atoms with Crippen molar-refractivity contribution in [1.82, 2.24) is 0 Å². The van der Waals surface area contributed by atoms with E-state index < -0.39 is 0 Å². The molecule has 7 aromatic carbocycles. The zero-order chi connectivity index (χ0) is 27.7. The fourth-order valence-electron chi connectivity index (χ4n) is 7.52. The van der Waals surface area contributed by atoms with Crippen LogP contribution in [0.15, 0.2) is 158 Å². The van der Waals surface area contributed by atoms with Crippen LogP contribution in [0.2, 0.25) is 0 Å². The molecule has 0 amide bonds. The normalized spacial score (nSPS) is 13.4. The predicted molar refractivity (Wildman–Crippen MR) is 175 cm³/mol. The Morgan fingerprint density at radius 3 is 1.64 bits per heavy atom. The first kappa shape index (κ1) is 23.3. The summed E-state index contributed by atoms with van der Waals surface area (Å²) in [7, 11) is 0. The number of nitrogens with one attached hydrogen (secondary N) is 1. The average molecular weight is 534 g/mol. The van der Waals surface area contributed by atoms with Crippen molar-refractivity contribution in [1.29, 1.82) is 0 Å². The van der Waals surface area contributed by atoms with Crippen LogP contribution in [-0.4, -0.2) is 0 Å². The molecule has 0 bridgehead atoms. The standard InChI is InChI=1S/C41H27N/c1-2-11-29-26-30(21-20-27(29)10-1)28-22-24-31(25-23-28)42-39-19-9-18-38-40(39)34-14-5-8-17-37(34)41(38)35-15-6-3-12-32(35)33-13-4-7-16-36(33)41/h1-26,42H. The minimum absolute atomic E-state index is 0.323. The molecule has 2 aliphatic rings. The molecule has 1 N–H and O–H groups in total. The molecule has 9 rings (SSSR count). The summed E-state index contributed by atoms with van der Waals surface area (Å²) in [6.07, 6.45) is 0. The third-order valence-corrected chi connectivity index (χ3v) is 9.27. The van der Waals surface area contributed by atoms with Gasteiger partial charge in [0.15, 0.2) is 0 Å². The molecule has 0 heterocycles. The van der Waals surface area contributed by atoms with Gasteiger partial charge in [0, 0.05) is 16.9 Å². The van der Waals surface area contributed by atoms with Gasteiger partial charge in [-0.25, -0.2) is 0 Å². The van der Waals surface area contributed by atoms with Crippen LogP contribution in [0.1, 0.15) is 22.3 Å². The molecule has 42 heavy (non-hydrogen) atoms. The highest BCUT2D eigenvalue weighted by molar-refractivity contribution is 5.99. The summed E-state index contributed by atoms with van der Waals surface area (Å²) in [6.45, 7) is 0. The molecule has 0 aromatic heterocycles. The van der Waals surface area contributed by atoms with Crippen molar-refractivity contribution in [3.05, 3.63) is 180 Å². The predicted octanol–water partition coefficient (Wildman–Crippen LogP) is 10.6. The van der Waals surface area contributed by atoms with Gasteiger partial charge in [0.05, 0.1) is 5.41 Å². The van der Waals surface area contributed by atoms with Gasteiger partial charge in [-0.1, -0.05) is 133 Å². The quantitative estimate of drug-likeness (QED) is 0.238. The van der Waals surface area contributed by atoms with E-state index in [9.17, 15) is 0 Å². The summed E-state index contributed by atoms with van der Waals surface area (Å²) >= 11 is 0. The van der Waals surface area contributed by atoms with E-state index in [0.717, 1.165) is 11.4 Å². The summed E-state index contributed by atoms with van der Waals surface area (Å²) < 4.78 is 0. The largest absolute Gasteiger partial charge is 0.355 e. The SMILES string of the molecule is c1ccc2c(c1)-c1ccccc1C21c2ccccc2-c2c(Nc3ccc(-c4ccc5ccccc5c4)cc3)cccc21. The van der Waals surface area contributed by atoms with Gasteiger partial charge in [-0.05, 0) is 85.1 Å². The minimum atomic E-state index is -0.323. The van der Waals surface area contributed by atoms with Gasteiger partial charge in [0.2, 0.25) is 0 Å². The molecule has 0 radical (unpaired) electrons. The van der Waals surface area contributed by atoms with Gasteiger partial charge < -0.3 is 5.32 Å². The maximum Gasteiger partial charge on any atom is 0.0726 e. The Hall–Kier alpha value is -5.40. The van der Waals surface area contributed by atoms with E-state index in [0.29, 0.717) is 0 Å². The van der Waals surface area contributed by atoms with Gasteiger partial charge in [-0.15, -0.1) is 0 Å². The molecule has 1 nitrogen and oxygen atoms in total. The first-order chi connectivity index (χ1) is 20.8. The van der Waals surface area contributed by atoms with Crippen LogP contribution in [0.25, 0.3) is 44.2 Å². The second-order valence-corrected chi connectivity index (χ2v) is 11.4. The van der Waals surface area contributed by atoms with Gasteiger partial charge >= 0.3 is 0 Å². The molecule has 1 heteroatoms. The van der Waals surface area contributed by atoms with Crippen LogP contribution < -0.4 is 5.32 Å². The third-order valence-electron chi connectivity index (χ3n) is 9.27. The molecule has 0 unspecified atom stereocenters. The Balaban J connectivity index is 1.17. The molecule has 0 saturated heterocycles. The first-order valence-electron chi connectivity index (χ1n) is 14.6. The highest BCUT2D eigenvalue weighted by atomic mass is 14.9. The van der Waals surface area contributed by atoms with Crippen molar-refractivity contribution < 1.29 is 0 Å². The molecule has 0 atom stereocenters. The van der Waals surface area contributed by atoms with E-state index in [1.54, 1.807) is 0 Å². The number of rotatable bonds is 3. The molecule has 0 saturated carbocycles. The van der Waals surface area contributed by atoms with E-state index in [2.05, 4.69) is 163 Å². The van der Waals surface area contributed by atoms with Crippen LogP contribution in [-0.2, 0) is 5.41 Å². The number of benzene rings is 7. The maximum atomic E-state index is 3.81. The lowest BCUT2D eigenvalue weighted by Crippen LogP contribution is -2.25. The Labute approximate surface area is 245 Å². The van der Waals surface area contributed by atoms with Gasteiger partial charge in [-0.3, -0.25) is 0 Å². The molecular formula is C41H27N. The Bertz CT molecular complexity index is 2120. The van der Waals surface area contributed by atoms with Gasteiger partial charge in [0.1, 0.15) is 0 Å². The van der Waals surface area contributed by atoms with Crippen LogP contribution in [0, 0.1) is 0 Å². The van der Waals surface area contributed by atoms with Crippen LogP contribution in [0.5, 0.6) is 0 Å². The van der Waals surface area contributed by atoms with E-state index in [1.165, 1.54) is 66.4 Å². The lowest BCUT2D eigenvalue weighted by Gasteiger charge is -2.30. The Morgan fingerprint density at radius 1 is 0.381 bits per heavy atom. The molecule has 2 aliphatic carbocycles. The third kappa shape index (κ3) is 3.14. The topological polar surface area (TPSA) is 12.0 Å². The highest BCUT2D eigenvalue weighted by Crippen LogP contribution is 2.63. The molecule has 7 aromatic rings. The van der Waals surface area contributed by atoms with E-state index in [4.69, 9.17) is 0 Å².